The summed E-state index contributed by atoms with van der Waals surface area (Å²) in [6.45, 7) is 1.68. The van der Waals surface area contributed by atoms with Gasteiger partial charge in [0.1, 0.15) is 0 Å². The Kier molecular flexibility index (Phi) is 14.4. The first-order valence-electron chi connectivity index (χ1n) is 10.9. The van der Waals surface area contributed by atoms with Crippen LogP contribution in [0, 0.1) is 0 Å². The molecule has 0 amide bonds. The molecule has 1 atom stereocenters. The summed E-state index contributed by atoms with van der Waals surface area (Å²) in [4.78, 5) is 0. The van der Waals surface area contributed by atoms with Crippen molar-refractivity contribution in [2.24, 2.45) is 0 Å². The summed E-state index contributed by atoms with van der Waals surface area (Å²) in [6.07, 6.45) is 13.2. The van der Waals surface area contributed by atoms with Crippen molar-refractivity contribution < 1.29 is 22.6 Å². The van der Waals surface area contributed by atoms with E-state index in [1.165, 1.54) is 64.2 Å². The third kappa shape index (κ3) is 15.9. The van der Waals surface area contributed by atoms with Gasteiger partial charge < -0.3 is 9.47 Å². The summed E-state index contributed by atoms with van der Waals surface area (Å²) in [7, 11) is 0. The van der Waals surface area contributed by atoms with E-state index < -0.39 is 12.6 Å². The molecule has 0 N–H and O–H groups in total. The van der Waals surface area contributed by atoms with E-state index in [0.29, 0.717) is 6.42 Å². The van der Waals surface area contributed by atoms with E-state index in [0.717, 1.165) is 45.3 Å². The highest BCUT2D eigenvalue weighted by Gasteiger charge is 2.25. The molecule has 0 aromatic heterocycles. The van der Waals surface area contributed by atoms with E-state index in [4.69, 9.17) is 9.47 Å². The van der Waals surface area contributed by atoms with Crippen LogP contribution in [0.25, 0.3) is 0 Å². The molecular weight excluding hydrogens is 341 g/mol. The molecular formula is C21H39F3O2. The molecule has 0 bridgehead atoms. The van der Waals surface area contributed by atoms with Gasteiger partial charge in [-0.15, -0.1) is 0 Å². The van der Waals surface area contributed by atoms with Gasteiger partial charge in [-0.1, -0.05) is 70.6 Å². The molecule has 0 spiro atoms. The number of alkyl halides is 3. The normalized spacial score (nSPS) is 18.3. The Bertz CT molecular complexity index is 302. The fraction of sp³-hybridized carbons (Fsp3) is 1.00. The van der Waals surface area contributed by atoms with Crippen molar-refractivity contribution in [3.05, 3.63) is 0 Å². The predicted octanol–water partition coefficient (Wildman–Crippen LogP) is 7.55. The van der Waals surface area contributed by atoms with Crippen LogP contribution in [0.1, 0.15) is 109 Å². The van der Waals surface area contributed by atoms with E-state index in [2.05, 4.69) is 0 Å². The molecule has 26 heavy (non-hydrogen) atoms. The molecule has 1 heterocycles. The monoisotopic (exact) mass is 380 g/mol. The fourth-order valence-electron chi connectivity index (χ4n) is 3.43. The average Bonchev–Trinajstić information content (AvgIpc) is 2.61. The molecule has 0 saturated carbocycles. The minimum atomic E-state index is -3.98. The molecule has 1 fully saturated rings. The molecule has 5 heteroatoms. The molecule has 0 aromatic rings. The van der Waals surface area contributed by atoms with Crippen LogP contribution in [0.3, 0.4) is 0 Å². The number of ether oxygens (including phenoxy) is 2. The zero-order valence-corrected chi connectivity index (χ0v) is 16.5. The van der Waals surface area contributed by atoms with Gasteiger partial charge in [-0.05, 0) is 32.1 Å². The zero-order chi connectivity index (χ0) is 18.9. The lowest BCUT2D eigenvalue weighted by Crippen LogP contribution is -2.22. The van der Waals surface area contributed by atoms with Crippen molar-refractivity contribution >= 4 is 0 Å². The van der Waals surface area contributed by atoms with Gasteiger partial charge in [0, 0.05) is 19.6 Å². The molecule has 0 aliphatic carbocycles. The largest absolute Gasteiger partial charge is 0.389 e. The lowest BCUT2D eigenvalue weighted by Gasteiger charge is -2.22. The van der Waals surface area contributed by atoms with Crippen LogP contribution in [0.5, 0.6) is 0 Å². The fourth-order valence-corrected chi connectivity index (χ4v) is 3.43. The topological polar surface area (TPSA) is 18.5 Å². The number of hydrogen-bond donors (Lipinski definition) is 0. The number of rotatable bonds is 16. The average molecular weight is 381 g/mol. The highest BCUT2D eigenvalue weighted by Crippen LogP contribution is 2.23. The molecule has 0 aromatic carbocycles. The van der Waals surface area contributed by atoms with Gasteiger partial charge in [0.25, 0.3) is 0 Å². The maximum Gasteiger partial charge on any atom is 0.389 e. The number of hydrogen-bond acceptors (Lipinski definition) is 2. The highest BCUT2D eigenvalue weighted by atomic mass is 19.4. The molecule has 1 aliphatic rings. The second-order valence-electron chi connectivity index (χ2n) is 7.63. The maximum absolute atomic E-state index is 12.0. The van der Waals surface area contributed by atoms with Crippen LogP contribution in [0.4, 0.5) is 13.2 Å². The third-order valence-corrected chi connectivity index (χ3v) is 5.05. The smallest absolute Gasteiger partial charge is 0.353 e. The zero-order valence-electron chi connectivity index (χ0n) is 16.5. The van der Waals surface area contributed by atoms with Crippen LogP contribution < -0.4 is 0 Å². The molecule has 0 radical (unpaired) electrons. The van der Waals surface area contributed by atoms with Crippen molar-refractivity contribution in [2.45, 2.75) is 122 Å². The maximum atomic E-state index is 12.0. The quantitative estimate of drug-likeness (QED) is 0.257. The van der Waals surface area contributed by atoms with E-state index in [-0.39, 0.29) is 6.29 Å². The Hall–Kier alpha value is -0.290. The van der Waals surface area contributed by atoms with Gasteiger partial charge in [0.15, 0.2) is 6.29 Å². The molecule has 1 rings (SSSR count). The Morgan fingerprint density at radius 2 is 1.19 bits per heavy atom. The van der Waals surface area contributed by atoms with Crippen LogP contribution >= 0.6 is 0 Å². The summed E-state index contributed by atoms with van der Waals surface area (Å²) in [6, 6.07) is 0. The van der Waals surface area contributed by atoms with Crippen LogP contribution in [0.2, 0.25) is 0 Å². The molecule has 156 valence electrons. The summed E-state index contributed by atoms with van der Waals surface area (Å²) < 4.78 is 47.2. The third-order valence-electron chi connectivity index (χ3n) is 5.05. The Balaban J connectivity index is 1.68. The first-order valence-corrected chi connectivity index (χ1v) is 10.9. The minimum Gasteiger partial charge on any atom is -0.353 e. The van der Waals surface area contributed by atoms with E-state index >= 15 is 0 Å². The van der Waals surface area contributed by atoms with Crippen LogP contribution in [-0.2, 0) is 9.47 Å². The van der Waals surface area contributed by atoms with Crippen LogP contribution in [0.15, 0.2) is 0 Å². The van der Waals surface area contributed by atoms with Crippen molar-refractivity contribution in [3.8, 4) is 0 Å². The first-order chi connectivity index (χ1) is 12.6. The summed E-state index contributed by atoms with van der Waals surface area (Å²) in [5.74, 6) is 0. The van der Waals surface area contributed by atoms with Gasteiger partial charge in [-0.2, -0.15) is 13.2 Å². The van der Waals surface area contributed by atoms with Crippen LogP contribution in [-0.4, -0.2) is 25.7 Å². The molecule has 2 nitrogen and oxygen atoms in total. The Morgan fingerprint density at radius 3 is 1.65 bits per heavy atom. The van der Waals surface area contributed by atoms with Crippen molar-refractivity contribution in [2.75, 3.05) is 13.2 Å². The van der Waals surface area contributed by atoms with E-state index in [1.807, 2.05) is 0 Å². The van der Waals surface area contributed by atoms with E-state index in [1.54, 1.807) is 0 Å². The SMILES string of the molecule is FC(F)(F)CCCCCCCCCCCCCCCOC1CCCCO1. The second kappa shape index (κ2) is 15.7. The summed E-state index contributed by atoms with van der Waals surface area (Å²) in [5, 5.41) is 0. The Labute approximate surface area is 158 Å². The highest BCUT2D eigenvalue weighted by molar-refractivity contribution is 4.55. The summed E-state index contributed by atoms with van der Waals surface area (Å²) >= 11 is 0. The van der Waals surface area contributed by atoms with Gasteiger partial charge >= 0.3 is 6.18 Å². The minimum absolute atomic E-state index is 0.0494. The Morgan fingerprint density at radius 1 is 0.692 bits per heavy atom. The number of unbranched alkanes of at least 4 members (excludes halogenated alkanes) is 12. The first kappa shape index (κ1) is 23.7. The predicted molar refractivity (Wildman–Crippen MR) is 100 cm³/mol. The van der Waals surface area contributed by atoms with Gasteiger partial charge in [0.2, 0.25) is 0 Å². The van der Waals surface area contributed by atoms with Gasteiger partial charge in [-0.25, -0.2) is 0 Å². The molecule has 1 saturated heterocycles. The van der Waals surface area contributed by atoms with Gasteiger partial charge in [-0.3, -0.25) is 0 Å². The van der Waals surface area contributed by atoms with Crippen molar-refractivity contribution in [3.63, 3.8) is 0 Å². The van der Waals surface area contributed by atoms with E-state index in [9.17, 15) is 13.2 Å². The van der Waals surface area contributed by atoms with Gasteiger partial charge in [0.05, 0.1) is 0 Å². The number of halogens is 3. The lowest BCUT2D eigenvalue weighted by atomic mass is 10.0. The summed E-state index contributed by atoms with van der Waals surface area (Å²) in [5.41, 5.74) is 0. The lowest BCUT2D eigenvalue weighted by molar-refractivity contribution is -0.162. The second-order valence-corrected chi connectivity index (χ2v) is 7.63. The van der Waals surface area contributed by atoms with Crippen molar-refractivity contribution in [1.82, 2.24) is 0 Å². The molecule has 1 unspecified atom stereocenters. The van der Waals surface area contributed by atoms with Crippen molar-refractivity contribution in [1.29, 1.82) is 0 Å². The molecule has 1 aliphatic heterocycles. The standard InChI is InChI=1S/C21H39F3O2/c22-21(23,24)17-13-10-8-6-4-2-1-3-5-7-9-11-14-18-25-20-16-12-15-19-26-20/h20H,1-19H2.